The van der Waals surface area contributed by atoms with Crippen LogP contribution in [-0.4, -0.2) is 24.4 Å². The monoisotopic (exact) mass is 340 g/mol. The number of furan rings is 1. The maximum Gasteiger partial charge on any atom is 0.227 e. The number of nitrogens with zero attached hydrogens (tertiary/aromatic N) is 1. The Morgan fingerprint density at radius 2 is 2.08 bits per heavy atom. The second-order valence-corrected chi connectivity index (χ2v) is 6.58. The first-order valence-corrected chi connectivity index (χ1v) is 8.83. The lowest BCUT2D eigenvalue weighted by Crippen LogP contribution is -2.34. The maximum absolute atomic E-state index is 12.2. The topological polar surface area (TPSA) is 62.6 Å². The number of carbonyl (C=O) groups is 2. The van der Waals surface area contributed by atoms with E-state index in [1.807, 2.05) is 43.3 Å². The largest absolute Gasteiger partial charge is 0.469 e. The highest BCUT2D eigenvalue weighted by Gasteiger charge is 2.21. The van der Waals surface area contributed by atoms with Crippen LogP contribution in [0.4, 0.5) is 5.69 Å². The lowest BCUT2D eigenvalue weighted by atomic mass is 10.1. The van der Waals surface area contributed by atoms with Gasteiger partial charge in [-0.25, -0.2) is 0 Å². The fraction of sp³-hybridized carbons (Fsp3) is 0.400. The summed E-state index contributed by atoms with van der Waals surface area (Å²) >= 11 is 0. The molecule has 1 aliphatic rings. The van der Waals surface area contributed by atoms with Gasteiger partial charge in [0.2, 0.25) is 11.8 Å². The molecule has 0 spiro atoms. The zero-order valence-electron chi connectivity index (χ0n) is 14.5. The molecular formula is C20H24N2O3. The van der Waals surface area contributed by atoms with Gasteiger partial charge in [-0.15, -0.1) is 0 Å². The Balaban J connectivity index is 1.46. The van der Waals surface area contributed by atoms with E-state index in [-0.39, 0.29) is 17.9 Å². The Hall–Kier alpha value is -2.56. The first-order chi connectivity index (χ1) is 12.1. The summed E-state index contributed by atoms with van der Waals surface area (Å²) in [6, 6.07) is 11.6. The molecule has 5 heteroatoms. The quantitative estimate of drug-likeness (QED) is 0.842. The summed E-state index contributed by atoms with van der Waals surface area (Å²) < 4.78 is 5.30. The van der Waals surface area contributed by atoms with Crippen LogP contribution in [0.1, 0.15) is 37.5 Å². The summed E-state index contributed by atoms with van der Waals surface area (Å²) in [5, 5.41) is 3.02. The van der Waals surface area contributed by atoms with Gasteiger partial charge in [0, 0.05) is 31.1 Å². The van der Waals surface area contributed by atoms with Gasteiger partial charge in [-0.2, -0.15) is 0 Å². The first-order valence-electron chi connectivity index (χ1n) is 8.83. The Morgan fingerprint density at radius 3 is 2.72 bits per heavy atom. The third kappa shape index (κ3) is 4.72. The van der Waals surface area contributed by atoms with Crippen LogP contribution >= 0.6 is 0 Å². The molecule has 2 aromatic rings. The molecule has 0 unspecified atom stereocenters. The van der Waals surface area contributed by atoms with Crippen molar-refractivity contribution < 1.29 is 14.0 Å². The van der Waals surface area contributed by atoms with Crippen LogP contribution in [0.15, 0.2) is 47.1 Å². The summed E-state index contributed by atoms with van der Waals surface area (Å²) in [5.41, 5.74) is 1.87. The molecule has 5 nitrogen and oxygen atoms in total. The van der Waals surface area contributed by atoms with Crippen LogP contribution in [-0.2, 0) is 22.4 Å². The van der Waals surface area contributed by atoms with E-state index in [4.69, 9.17) is 4.42 Å². The summed E-state index contributed by atoms with van der Waals surface area (Å²) in [5.74, 6) is 1.13. The minimum Gasteiger partial charge on any atom is -0.469 e. The van der Waals surface area contributed by atoms with Crippen molar-refractivity contribution in [1.29, 1.82) is 0 Å². The van der Waals surface area contributed by atoms with Crippen LogP contribution < -0.4 is 10.2 Å². The van der Waals surface area contributed by atoms with E-state index >= 15 is 0 Å². The Morgan fingerprint density at radius 1 is 1.28 bits per heavy atom. The molecule has 3 rings (SSSR count). The van der Waals surface area contributed by atoms with E-state index in [0.717, 1.165) is 42.8 Å². The molecule has 0 radical (unpaired) electrons. The predicted molar refractivity (Wildman–Crippen MR) is 96.4 cm³/mol. The van der Waals surface area contributed by atoms with Gasteiger partial charge in [0.05, 0.1) is 12.7 Å². The predicted octanol–water partition coefficient (Wildman–Crippen LogP) is 3.09. The average molecular weight is 340 g/mol. The van der Waals surface area contributed by atoms with Crippen LogP contribution in [0.25, 0.3) is 0 Å². The van der Waals surface area contributed by atoms with E-state index in [2.05, 4.69) is 5.32 Å². The molecule has 25 heavy (non-hydrogen) atoms. The van der Waals surface area contributed by atoms with E-state index in [9.17, 15) is 9.59 Å². The van der Waals surface area contributed by atoms with Gasteiger partial charge < -0.3 is 14.6 Å². The molecule has 0 saturated carbocycles. The van der Waals surface area contributed by atoms with Crippen molar-refractivity contribution in [3.63, 3.8) is 0 Å². The van der Waals surface area contributed by atoms with Crippen LogP contribution in [0.2, 0.25) is 0 Å². The van der Waals surface area contributed by atoms with Crippen molar-refractivity contribution in [2.45, 2.75) is 45.1 Å². The second-order valence-electron chi connectivity index (χ2n) is 6.58. The highest BCUT2D eigenvalue weighted by atomic mass is 16.3. The van der Waals surface area contributed by atoms with Crippen LogP contribution in [0.3, 0.4) is 0 Å². The van der Waals surface area contributed by atoms with Crippen molar-refractivity contribution in [1.82, 2.24) is 5.32 Å². The minimum absolute atomic E-state index is 0.0111. The molecule has 1 fully saturated rings. The van der Waals surface area contributed by atoms with Gasteiger partial charge in [0.25, 0.3) is 0 Å². The zero-order valence-corrected chi connectivity index (χ0v) is 14.5. The maximum atomic E-state index is 12.2. The Bertz CT molecular complexity index is 707. The number of anilines is 1. The van der Waals surface area contributed by atoms with Crippen molar-refractivity contribution in [2.24, 2.45) is 0 Å². The van der Waals surface area contributed by atoms with Gasteiger partial charge in [-0.3, -0.25) is 9.59 Å². The van der Waals surface area contributed by atoms with Crippen LogP contribution in [0.5, 0.6) is 0 Å². The second kappa shape index (κ2) is 8.01. The number of aryl methyl sites for hydroxylation is 1. The standard InChI is InChI=1S/C20H24N2O3/c1-15(6-11-18-4-3-13-25-18)21-19(23)14-16-7-9-17(10-8-16)22-12-2-5-20(22)24/h3-4,7-10,13,15H,2,5-6,11-12,14H2,1H3,(H,21,23)/t15-/m1/s1. The third-order valence-electron chi connectivity index (χ3n) is 4.50. The fourth-order valence-electron chi connectivity index (χ4n) is 3.11. The first kappa shape index (κ1) is 17.3. The molecular weight excluding hydrogens is 316 g/mol. The molecule has 2 heterocycles. The van der Waals surface area contributed by atoms with E-state index in [1.54, 1.807) is 11.2 Å². The van der Waals surface area contributed by atoms with E-state index < -0.39 is 0 Å². The molecule has 0 aliphatic carbocycles. The van der Waals surface area contributed by atoms with Gasteiger partial charge in [0.15, 0.2) is 0 Å². The average Bonchev–Trinajstić information content (AvgIpc) is 3.25. The number of rotatable bonds is 7. The molecule has 1 N–H and O–H groups in total. The number of hydrogen-bond donors (Lipinski definition) is 1. The number of nitrogens with one attached hydrogen (secondary N) is 1. The highest BCUT2D eigenvalue weighted by Crippen LogP contribution is 2.21. The number of amides is 2. The lowest BCUT2D eigenvalue weighted by molar-refractivity contribution is -0.121. The van der Waals surface area contributed by atoms with Crippen LogP contribution in [0, 0.1) is 0 Å². The minimum atomic E-state index is 0.0111. The number of carbonyl (C=O) groups excluding carboxylic acids is 2. The summed E-state index contributed by atoms with van der Waals surface area (Å²) in [6.45, 7) is 2.79. The molecule has 0 bridgehead atoms. The molecule has 1 atom stereocenters. The van der Waals surface area contributed by atoms with Gasteiger partial charge in [-0.1, -0.05) is 12.1 Å². The van der Waals surface area contributed by atoms with Gasteiger partial charge >= 0.3 is 0 Å². The Kier molecular flexibility index (Phi) is 5.53. The van der Waals surface area contributed by atoms with E-state index in [0.29, 0.717) is 12.8 Å². The molecule has 1 saturated heterocycles. The molecule has 132 valence electrons. The number of benzene rings is 1. The zero-order chi connectivity index (χ0) is 17.6. The van der Waals surface area contributed by atoms with Crippen molar-refractivity contribution in [3.05, 3.63) is 54.0 Å². The summed E-state index contributed by atoms with van der Waals surface area (Å²) in [7, 11) is 0. The molecule has 1 aromatic heterocycles. The molecule has 1 aromatic carbocycles. The highest BCUT2D eigenvalue weighted by molar-refractivity contribution is 5.95. The fourth-order valence-corrected chi connectivity index (χ4v) is 3.11. The third-order valence-corrected chi connectivity index (χ3v) is 4.50. The SMILES string of the molecule is C[C@H](CCc1ccco1)NC(=O)Cc1ccc(N2CCCC2=O)cc1. The van der Waals surface area contributed by atoms with Crippen molar-refractivity contribution in [3.8, 4) is 0 Å². The lowest BCUT2D eigenvalue weighted by Gasteiger charge is -2.16. The smallest absolute Gasteiger partial charge is 0.227 e. The number of hydrogen-bond acceptors (Lipinski definition) is 3. The van der Waals surface area contributed by atoms with Gasteiger partial charge in [0.1, 0.15) is 5.76 Å². The summed E-state index contributed by atoms with van der Waals surface area (Å²) in [6.07, 6.45) is 5.21. The Labute approximate surface area is 148 Å². The molecule has 2 amide bonds. The normalized spacial score (nSPS) is 15.4. The van der Waals surface area contributed by atoms with Crippen molar-refractivity contribution >= 4 is 17.5 Å². The summed E-state index contributed by atoms with van der Waals surface area (Å²) in [4.78, 5) is 25.7. The van der Waals surface area contributed by atoms with E-state index in [1.165, 1.54) is 0 Å². The molecule has 1 aliphatic heterocycles. The van der Waals surface area contributed by atoms with Crippen molar-refractivity contribution in [2.75, 3.05) is 11.4 Å². The van der Waals surface area contributed by atoms with Gasteiger partial charge in [-0.05, 0) is 49.6 Å².